The zero-order valence-electron chi connectivity index (χ0n) is 14.1. The number of hydrogen-bond acceptors (Lipinski definition) is 2. The van der Waals surface area contributed by atoms with E-state index in [1.54, 1.807) is 6.92 Å². The van der Waals surface area contributed by atoms with E-state index in [4.69, 9.17) is 4.74 Å². The number of allylic oxidation sites excluding steroid dienone is 3. The maximum atomic E-state index is 11.4. The van der Waals surface area contributed by atoms with Crippen LogP contribution in [0.3, 0.4) is 0 Å². The molecule has 0 radical (unpaired) electrons. The van der Waals surface area contributed by atoms with E-state index in [0.717, 1.165) is 18.3 Å². The van der Waals surface area contributed by atoms with Crippen molar-refractivity contribution >= 4 is 5.97 Å². The molecule has 0 bridgehead atoms. The van der Waals surface area contributed by atoms with Crippen molar-refractivity contribution in [1.82, 2.24) is 0 Å². The van der Waals surface area contributed by atoms with Gasteiger partial charge in [0.05, 0.1) is 6.61 Å². The number of ether oxygens (including phenoxy) is 1. The smallest absolute Gasteiger partial charge is 0.333 e. The number of esters is 1. The highest BCUT2D eigenvalue weighted by atomic mass is 16.5. The largest absolute Gasteiger partial charge is 0.463 e. The minimum absolute atomic E-state index is 0.226. The third-order valence-electron chi connectivity index (χ3n) is 3.87. The zero-order chi connectivity index (χ0) is 15.5. The monoisotopic (exact) mass is 280 g/mol. The summed E-state index contributed by atoms with van der Waals surface area (Å²) >= 11 is 0. The summed E-state index contributed by atoms with van der Waals surface area (Å²) in [5.41, 5.74) is 0.657. The first kappa shape index (κ1) is 18.9. The minimum atomic E-state index is -0.226. The third-order valence-corrected chi connectivity index (χ3v) is 3.87. The van der Waals surface area contributed by atoms with Gasteiger partial charge in [-0.25, -0.2) is 4.79 Å². The molecule has 2 heteroatoms. The molecular weight excluding hydrogens is 248 g/mol. The highest BCUT2D eigenvalue weighted by Gasteiger charge is 2.09. The lowest BCUT2D eigenvalue weighted by molar-refractivity contribution is -0.138. The molecule has 0 aliphatic carbocycles. The van der Waals surface area contributed by atoms with E-state index >= 15 is 0 Å². The van der Waals surface area contributed by atoms with Crippen molar-refractivity contribution in [2.24, 2.45) is 17.8 Å². The topological polar surface area (TPSA) is 26.3 Å². The molecule has 0 spiro atoms. The molecule has 0 aromatic heterocycles. The van der Waals surface area contributed by atoms with Crippen LogP contribution in [0.5, 0.6) is 0 Å². The van der Waals surface area contributed by atoms with Crippen molar-refractivity contribution in [3.05, 3.63) is 23.8 Å². The van der Waals surface area contributed by atoms with Crippen molar-refractivity contribution in [2.45, 2.75) is 60.8 Å². The molecule has 0 amide bonds. The summed E-state index contributed by atoms with van der Waals surface area (Å²) in [4.78, 5) is 11.4. The molecule has 0 aromatic carbocycles. The maximum absolute atomic E-state index is 11.4. The minimum Gasteiger partial charge on any atom is -0.463 e. The number of carbonyl (C=O) groups is 1. The van der Waals surface area contributed by atoms with Crippen molar-refractivity contribution in [3.8, 4) is 0 Å². The lowest BCUT2D eigenvalue weighted by atomic mass is 9.89. The fourth-order valence-electron chi connectivity index (χ4n) is 1.83. The van der Waals surface area contributed by atoms with Crippen LogP contribution in [-0.2, 0) is 9.53 Å². The fourth-order valence-corrected chi connectivity index (χ4v) is 1.83. The Morgan fingerprint density at radius 2 is 1.80 bits per heavy atom. The first-order valence-corrected chi connectivity index (χ1v) is 7.89. The highest BCUT2D eigenvalue weighted by Crippen LogP contribution is 2.20. The summed E-state index contributed by atoms with van der Waals surface area (Å²) in [5, 5.41) is 0. The Hall–Kier alpha value is -1.05. The SMILES string of the molecule is CCOC(=O)C(C)=CC=CCC(C)CCC(C)C(C)C. The van der Waals surface area contributed by atoms with Crippen molar-refractivity contribution in [1.29, 1.82) is 0 Å². The lowest BCUT2D eigenvalue weighted by Gasteiger charge is -2.17. The normalized spacial score (nSPS) is 15.7. The van der Waals surface area contributed by atoms with Gasteiger partial charge in [-0.15, -0.1) is 0 Å². The molecule has 0 heterocycles. The second kappa shape index (κ2) is 10.7. The second-order valence-electron chi connectivity index (χ2n) is 6.14. The summed E-state index contributed by atoms with van der Waals surface area (Å²) in [5.74, 6) is 2.04. The molecule has 2 nitrogen and oxygen atoms in total. The van der Waals surface area contributed by atoms with Crippen LogP contribution >= 0.6 is 0 Å². The summed E-state index contributed by atoms with van der Waals surface area (Å²) in [6, 6.07) is 0. The molecule has 2 atom stereocenters. The predicted molar refractivity (Wildman–Crippen MR) is 86.5 cm³/mol. The third kappa shape index (κ3) is 8.95. The Kier molecular flexibility index (Phi) is 10.1. The van der Waals surface area contributed by atoms with E-state index in [-0.39, 0.29) is 5.97 Å². The Labute approximate surface area is 125 Å². The van der Waals surface area contributed by atoms with Crippen LogP contribution in [-0.4, -0.2) is 12.6 Å². The van der Waals surface area contributed by atoms with E-state index in [1.807, 2.05) is 19.1 Å². The Balaban J connectivity index is 4.00. The van der Waals surface area contributed by atoms with Gasteiger partial charge in [0, 0.05) is 5.57 Å². The summed E-state index contributed by atoms with van der Waals surface area (Å²) < 4.78 is 4.93. The molecule has 0 fully saturated rings. The number of hydrogen-bond donors (Lipinski definition) is 0. The van der Waals surface area contributed by atoms with Gasteiger partial charge >= 0.3 is 5.97 Å². The molecule has 0 aromatic rings. The number of carbonyl (C=O) groups excluding carboxylic acids is 1. The van der Waals surface area contributed by atoms with Gasteiger partial charge < -0.3 is 4.74 Å². The maximum Gasteiger partial charge on any atom is 0.333 e. The van der Waals surface area contributed by atoms with Crippen molar-refractivity contribution < 1.29 is 9.53 Å². The molecule has 0 saturated carbocycles. The van der Waals surface area contributed by atoms with Gasteiger partial charge in [0.2, 0.25) is 0 Å². The van der Waals surface area contributed by atoms with Gasteiger partial charge in [-0.05, 0) is 38.0 Å². The summed E-state index contributed by atoms with van der Waals surface area (Å²) in [7, 11) is 0. The van der Waals surface area contributed by atoms with Crippen LogP contribution < -0.4 is 0 Å². The first-order valence-electron chi connectivity index (χ1n) is 7.89. The van der Waals surface area contributed by atoms with Crippen LogP contribution in [0.15, 0.2) is 23.8 Å². The summed E-state index contributed by atoms with van der Waals surface area (Å²) in [6.45, 7) is 13.2. The fraction of sp³-hybridized carbons (Fsp3) is 0.722. The van der Waals surface area contributed by atoms with Crippen LogP contribution in [0.1, 0.15) is 60.8 Å². The van der Waals surface area contributed by atoms with Gasteiger partial charge in [0.15, 0.2) is 0 Å². The van der Waals surface area contributed by atoms with Crippen LogP contribution in [0.25, 0.3) is 0 Å². The average molecular weight is 280 g/mol. The molecule has 0 rings (SSSR count). The van der Waals surface area contributed by atoms with Gasteiger partial charge in [0.25, 0.3) is 0 Å². The molecule has 0 N–H and O–H groups in total. The van der Waals surface area contributed by atoms with E-state index in [1.165, 1.54) is 12.8 Å². The van der Waals surface area contributed by atoms with Crippen LogP contribution in [0.4, 0.5) is 0 Å². The van der Waals surface area contributed by atoms with Crippen molar-refractivity contribution in [3.63, 3.8) is 0 Å². The van der Waals surface area contributed by atoms with E-state index in [2.05, 4.69) is 33.8 Å². The average Bonchev–Trinajstić information content (AvgIpc) is 2.40. The van der Waals surface area contributed by atoms with E-state index in [9.17, 15) is 4.79 Å². The Morgan fingerprint density at radius 3 is 2.35 bits per heavy atom. The second-order valence-corrected chi connectivity index (χ2v) is 6.14. The van der Waals surface area contributed by atoms with Gasteiger partial charge in [-0.3, -0.25) is 0 Å². The molecule has 2 unspecified atom stereocenters. The van der Waals surface area contributed by atoms with E-state index < -0.39 is 0 Å². The van der Waals surface area contributed by atoms with Crippen LogP contribution in [0, 0.1) is 17.8 Å². The standard InChI is InChI=1S/C18H32O2/c1-7-20-18(19)17(6)11-9-8-10-15(4)12-13-16(5)14(2)3/h8-9,11,14-16H,7,10,12-13H2,1-6H3. The Bertz CT molecular complexity index is 326. The molecule has 20 heavy (non-hydrogen) atoms. The predicted octanol–water partition coefficient (Wildman–Crippen LogP) is 5.15. The molecule has 0 aliphatic rings. The van der Waals surface area contributed by atoms with Gasteiger partial charge in [0.1, 0.15) is 0 Å². The molecule has 116 valence electrons. The zero-order valence-corrected chi connectivity index (χ0v) is 14.1. The Morgan fingerprint density at radius 1 is 1.15 bits per heavy atom. The highest BCUT2D eigenvalue weighted by molar-refractivity contribution is 5.88. The van der Waals surface area contributed by atoms with Crippen molar-refractivity contribution in [2.75, 3.05) is 6.61 Å². The van der Waals surface area contributed by atoms with Gasteiger partial charge in [-0.2, -0.15) is 0 Å². The summed E-state index contributed by atoms with van der Waals surface area (Å²) in [6.07, 6.45) is 9.58. The lowest BCUT2D eigenvalue weighted by Crippen LogP contribution is -2.06. The van der Waals surface area contributed by atoms with Crippen LogP contribution in [0.2, 0.25) is 0 Å². The number of rotatable bonds is 9. The molecule has 0 saturated heterocycles. The van der Waals surface area contributed by atoms with Gasteiger partial charge in [-0.1, -0.05) is 58.8 Å². The molecular formula is C18H32O2. The quantitative estimate of drug-likeness (QED) is 0.331. The van der Waals surface area contributed by atoms with E-state index in [0.29, 0.717) is 18.1 Å². The first-order chi connectivity index (χ1) is 9.38. The molecule has 0 aliphatic heterocycles.